The molecule has 1 heterocycles. The molecule has 0 bridgehead atoms. The highest BCUT2D eigenvalue weighted by molar-refractivity contribution is 9.10. The number of nitrogens with one attached hydrogen (secondary N) is 2. The second kappa shape index (κ2) is 7.15. The third kappa shape index (κ3) is 4.59. The average molecular weight is 419 g/mol. The zero-order valence-corrected chi connectivity index (χ0v) is 14.6. The van der Waals surface area contributed by atoms with Crippen LogP contribution < -0.4 is 10.6 Å². The second-order valence-electron chi connectivity index (χ2n) is 5.83. The van der Waals surface area contributed by atoms with Crippen LogP contribution in [-0.4, -0.2) is 16.0 Å². The molecule has 1 aromatic heterocycles. The van der Waals surface area contributed by atoms with Crippen molar-refractivity contribution in [2.75, 3.05) is 10.6 Å². The summed E-state index contributed by atoms with van der Waals surface area (Å²) in [4.78, 5) is 7.62. The summed E-state index contributed by atoms with van der Waals surface area (Å²) in [5, 5.41) is 5.53. The molecule has 0 spiro atoms. The summed E-state index contributed by atoms with van der Waals surface area (Å²) in [5.74, 6) is -0.836. The van der Waals surface area contributed by atoms with E-state index in [0.717, 1.165) is 31.7 Å². The summed E-state index contributed by atoms with van der Waals surface area (Å²) < 4.78 is 53.8. The summed E-state index contributed by atoms with van der Waals surface area (Å²) in [6, 6.07) is 5.03. The molecule has 1 aliphatic carbocycles. The molecule has 1 aromatic carbocycles. The van der Waals surface area contributed by atoms with Gasteiger partial charge in [0.2, 0.25) is 5.95 Å². The molecule has 0 amide bonds. The van der Waals surface area contributed by atoms with E-state index in [0.29, 0.717) is 4.47 Å². The Hall–Kier alpha value is -1.90. The monoisotopic (exact) mass is 418 g/mol. The zero-order chi connectivity index (χ0) is 18.0. The molecule has 2 N–H and O–H groups in total. The topological polar surface area (TPSA) is 49.8 Å². The van der Waals surface area contributed by atoms with E-state index < -0.39 is 17.7 Å². The fraction of sp³-hybridized carbons (Fsp3) is 0.375. The van der Waals surface area contributed by atoms with Crippen molar-refractivity contribution in [1.29, 1.82) is 0 Å². The van der Waals surface area contributed by atoms with E-state index in [1.165, 1.54) is 12.1 Å². The van der Waals surface area contributed by atoms with E-state index in [9.17, 15) is 17.6 Å². The number of halogens is 5. The van der Waals surface area contributed by atoms with Crippen molar-refractivity contribution in [3.63, 3.8) is 0 Å². The fourth-order valence-electron chi connectivity index (χ4n) is 2.70. The first-order chi connectivity index (χ1) is 11.8. The van der Waals surface area contributed by atoms with Gasteiger partial charge in [-0.3, -0.25) is 0 Å². The van der Waals surface area contributed by atoms with Crippen molar-refractivity contribution >= 4 is 33.4 Å². The minimum atomic E-state index is -4.62. The predicted octanol–water partition coefficient (Wildman–Crippen LogP) is 5.50. The Labute approximate surface area is 150 Å². The summed E-state index contributed by atoms with van der Waals surface area (Å²) in [5.41, 5.74) is -1.05. The Morgan fingerprint density at radius 2 is 1.80 bits per heavy atom. The van der Waals surface area contributed by atoms with Crippen LogP contribution in [-0.2, 0) is 6.18 Å². The number of aromatic nitrogens is 2. The number of hydrogen-bond acceptors (Lipinski definition) is 4. The third-order valence-corrected chi connectivity index (χ3v) is 4.39. The Bertz CT molecular complexity index is 760. The molecule has 0 saturated heterocycles. The van der Waals surface area contributed by atoms with Crippen LogP contribution in [0.2, 0.25) is 0 Å². The fourth-order valence-corrected chi connectivity index (χ4v) is 3.04. The summed E-state index contributed by atoms with van der Waals surface area (Å²) >= 11 is 3.13. The third-order valence-electron chi connectivity index (χ3n) is 3.90. The van der Waals surface area contributed by atoms with Crippen molar-refractivity contribution in [2.24, 2.45) is 0 Å². The smallest absolute Gasteiger partial charge is 0.351 e. The van der Waals surface area contributed by atoms with E-state index in [4.69, 9.17) is 0 Å². The van der Waals surface area contributed by atoms with Gasteiger partial charge >= 0.3 is 6.18 Å². The lowest BCUT2D eigenvalue weighted by Crippen LogP contribution is -2.19. The van der Waals surface area contributed by atoms with Crippen molar-refractivity contribution < 1.29 is 17.6 Å². The Kier molecular flexibility index (Phi) is 5.12. The maximum Gasteiger partial charge on any atom is 0.433 e. The average Bonchev–Trinajstić information content (AvgIpc) is 3.02. The molecule has 2 aromatic rings. The van der Waals surface area contributed by atoms with Gasteiger partial charge in [0, 0.05) is 16.6 Å². The molecule has 9 heteroatoms. The quantitative estimate of drug-likeness (QED) is 0.644. The van der Waals surface area contributed by atoms with Gasteiger partial charge in [-0.1, -0.05) is 28.8 Å². The molecule has 25 heavy (non-hydrogen) atoms. The van der Waals surface area contributed by atoms with Gasteiger partial charge in [-0.2, -0.15) is 18.2 Å². The normalized spacial score (nSPS) is 15.4. The lowest BCUT2D eigenvalue weighted by atomic mass is 10.2. The number of alkyl halides is 3. The van der Waals surface area contributed by atoms with E-state index in [-0.39, 0.29) is 23.5 Å². The Balaban J connectivity index is 1.90. The first-order valence-electron chi connectivity index (χ1n) is 7.76. The highest BCUT2D eigenvalue weighted by atomic mass is 79.9. The molecular formula is C16H15BrF4N4. The van der Waals surface area contributed by atoms with Gasteiger partial charge in [0.15, 0.2) is 5.69 Å². The highest BCUT2D eigenvalue weighted by Crippen LogP contribution is 2.32. The van der Waals surface area contributed by atoms with Crippen LogP contribution in [0.25, 0.3) is 0 Å². The van der Waals surface area contributed by atoms with Gasteiger partial charge in [0.1, 0.15) is 11.6 Å². The number of nitrogens with zero attached hydrogens (tertiary/aromatic N) is 2. The van der Waals surface area contributed by atoms with Crippen LogP contribution in [0.3, 0.4) is 0 Å². The second-order valence-corrected chi connectivity index (χ2v) is 6.75. The van der Waals surface area contributed by atoms with Gasteiger partial charge in [-0.05, 0) is 31.0 Å². The van der Waals surface area contributed by atoms with Gasteiger partial charge in [0.05, 0.1) is 5.69 Å². The number of anilines is 3. The van der Waals surface area contributed by atoms with Crippen molar-refractivity contribution in [3.05, 3.63) is 40.2 Å². The molecule has 0 unspecified atom stereocenters. The summed E-state index contributed by atoms with van der Waals surface area (Å²) in [6.45, 7) is 0. The van der Waals surface area contributed by atoms with E-state index in [1.54, 1.807) is 6.07 Å². The first-order valence-corrected chi connectivity index (χ1v) is 8.55. The lowest BCUT2D eigenvalue weighted by Gasteiger charge is -2.16. The maximum atomic E-state index is 13.9. The Morgan fingerprint density at radius 1 is 1.08 bits per heavy atom. The molecule has 1 saturated carbocycles. The van der Waals surface area contributed by atoms with Crippen molar-refractivity contribution in [2.45, 2.75) is 37.9 Å². The number of benzene rings is 1. The number of rotatable bonds is 4. The van der Waals surface area contributed by atoms with Gasteiger partial charge in [-0.15, -0.1) is 0 Å². The predicted molar refractivity (Wildman–Crippen MR) is 90.3 cm³/mol. The van der Waals surface area contributed by atoms with Crippen LogP contribution in [0.15, 0.2) is 28.7 Å². The van der Waals surface area contributed by atoms with Gasteiger partial charge in [-0.25, -0.2) is 9.37 Å². The van der Waals surface area contributed by atoms with Crippen molar-refractivity contribution in [3.8, 4) is 0 Å². The molecule has 134 valence electrons. The molecule has 1 fully saturated rings. The summed E-state index contributed by atoms with van der Waals surface area (Å²) in [6.07, 6.45) is -0.852. The van der Waals surface area contributed by atoms with Crippen LogP contribution in [0, 0.1) is 5.82 Å². The van der Waals surface area contributed by atoms with Crippen LogP contribution in [0.4, 0.5) is 35.0 Å². The molecule has 0 aliphatic heterocycles. The van der Waals surface area contributed by atoms with Crippen molar-refractivity contribution in [1.82, 2.24) is 9.97 Å². The molecule has 0 radical (unpaired) electrons. The molecule has 4 nitrogen and oxygen atoms in total. The number of hydrogen-bond donors (Lipinski definition) is 2. The Morgan fingerprint density at radius 3 is 2.44 bits per heavy atom. The van der Waals surface area contributed by atoms with E-state index in [1.807, 2.05) is 0 Å². The SMILES string of the molecule is Fc1cc(Br)ccc1Nc1cc(C(F)(F)F)nc(NC2CCCC2)n1. The standard InChI is InChI=1S/C16H15BrF4N4/c17-9-5-6-12(11(18)7-9)23-14-8-13(16(19,20)21)24-15(25-14)22-10-3-1-2-4-10/h5-8,10H,1-4H2,(H2,22,23,24,25). The van der Waals surface area contributed by atoms with Crippen LogP contribution in [0.1, 0.15) is 31.4 Å². The first kappa shape index (κ1) is 17.9. The van der Waals surface area contributed by atoms with E-state index in [2.05, 4.69) is 36.5 Å². The van der Waals surface area contributed by atoms with Crippen LogP contribution in [0.5, 0.6) is 0 Å². The van der Waals surface area contributed by atoms with Gasteiger partial charge < -0.3 is 10.6 Å². The van der Waals surface area contributed by atoms with Gasteiger partial charge in [0.25, 0.3) is 0 Å². The van der Waals surface area contributed by atoms with E-state index >= 15 is 0 Å². The molecule has 3 rings (SSSR count). The maximum absolute atomic E-state index is 13.9. The highest BCUT2D eigenvalue weighted by Gasteiger charge is 2.34. The minimum absolute atomic E-state index is 0.0295. The molecule has 1 aliphatic rings. The molecule has 0 atom stereocenters. The van der Waals surface area contributed by atoms with Crippen LogP contribution >= 0.6 is 15.9 Å². The summed E-state index contributed by atoms with van der Waals surface area (Å²) in [7, 11) is 0. The minimum Gasteiger partial charge on any atom is -0.351 e. The lowest BCUT2D eigenvalue weighted by molar-refractivity contribution is -0.141. The molecular weight excluding hydrogens is 404 g/mol. The largest absolute Gasteiger partial charge is 0.433 e. The zero-order valence-electron chi connectivity index (χ0n) is 13.0.